The van der Waals surface area contributed by atoms with Gasteiger partial charge in [-0.15, -0.1) is 0 Å². The van der Waals surface area contributed by atoms with Crippen molar-refractivity contribution < 1.29 is 4.79 Å². The van der Waals surface area contributed by atoms with E-state index in [-0.39, 0.29) is 0 Å². The fraction of sp³-hybridized carbons (Fsp3) is 0.278. The first-order valence-corrected chi connectivity index (χ1v) is 7.17. The van der Waals surface area contributed by atoms with Crippen LogP contribution in [0.5, 0.6) is 0 Å². The van der Waals surface area contributed by atoms with Gasteiger partial charge in [0, 0.05) is 33.9 Å². The van der Waals surface area contributed by atoms with Crippen LogP contribution in [-0.4, -0.2) is 10.9 Å². The molecule has 3 aromatic rings. The SMILES string of the molecule is CC(C)CCn1c2ccccc2c2cc(C=O)ccc21. The topological polar surface area (TPSA) is 22.0 Å². The average molecular weight is 265 g/mol. The number of nitrogens with zero attached hydrogens (tertiary/aromatic N) is 1. The number of rotatable bonds is 4. The van der Waals surface area contributed by atoms with E-state index in [0.717, 1.165) is 24.8 Å². The highest BCUT2D eigenvalue weighted by molar-refractivity contribution is 6.09. The second-order valence-corrected chi connectivity index (χ2v) is 5.75. The second kappa shape index (κ2) is 5.12. The van der Waals surface area contributed by atoms with Crippen LogP contribution in [0.25, 0.3) is 21.8 Å². The summed E-state index contributed by atoms with van der Waals surface area (Å²) in [5.74, 6) is 0.681. The van der Waals surface area contributed by atoms with Crippen molar-refractivity contribution in [1.82, 2.24) is 4.57 Å². The monoisotopic (exact) mass is 265 g/mol. The lowest BCUT2D eigenvalue weighted by molar-refractivity contribution is 0.112. The lowest BCUT2D eigenvalue weighted by Crippen LogP contribution is -2.01. The number of fused-ring (bicyclic) bond motifs is 3. The molecule has 3 rings (SSSR count). The van der Waals surface area contributed by atoms with Crippen LogP contribution in [0.2, 0.25) is 0 Å². The highest BCUT2D eigenvalue weighted by Gasteiger charge is 2.10. The summed E-state index contributed by atoms with van der Waals surface area (Å²) in [6.45, 7) is 5.51. The van der Waals surface area contributed by atoms with Gasteiger partial charge in [0.1, 0.15) is 6.29 Å². The van der Waals surface area contributed by atoms with Crippen LogP contribution in [0.1, 0.15) is 30.6 Å². The zero-order valence-corrected chi connectivity index (χ0v) is 12.0. The molecule has 1 heterocycles. The zero-order valence-electron chi connectivity index (χ0n) is 12.0. The molecule has 0 aliphatic heterocycles. The van der Waals surface area contributed by atoms with Crippen molar-refractivity contribution in [3.8, 4) is 0 Å². The zero-order chi connectivity index (χ0) is 14.1. The average Bonchev–Trinajstić information content (AvgIpc) is 2.78. The van der Waals surface area contributed by atoms with E-state index in [9.17, 15) is 4.79 Å². The van der Waals surface area contributed by atoms with Crippen molar-refractivity contribution in [3.05, 3.63) is 48.0 Å². The lowest BCUT2D eigenvalue weighted by atomic mass is 10.1. The van der Waals surface area contributed by atoms with Gasteiger partial charge in [0.05, 0.1) is 0 Å². The van der Waals surface area contributed by atoms with Crippen LogP contribution in [0.4, 0.5) is 0 Å². The Morgan fingerprint density at radius 1 is 1.05 bits per heavy atom. The Bertz CT molecular complexity index is 768. The van der Waals surface area contributed by atoms with Gasteiger partial charge in [0.2, 0.25) is 0 Å². The van der Waals surface area contributed by atoms with Crippen molar-refractivity contribution >= 4 is 28.1 Å². The molecule has 0 atom stereocenters. The number of aromatic nitrogens is 1. The van der Waals surface area contributed by atoms with E-state index in [1.165, 1.54) is 21.8 Å². The van der Waals surface area contributed by atoms with Gasteiger partial charge in [-0.05, 0) is 36.6 Å². The maximum Gasteiger partial charge on any atom is 0.150 e. The van der Waals surface area contributed by atoms with Gasteiger partial charge in [-0.1, -0.05) is 32.0 Å². The van der Waals surface area contributed by atoms with Crippen LogP contribution < -0.4 is 0 Å². The third-order valence-corrected chi connectivity index (χ3v) is 3.86. The van der Waals surface area contributed by atoms with E-state index in [1.54, 1.807) is 0 Å². The van der Waals surface area contributed by atoms with E-state index < -0.39 is 0 Å². The van der Waals surface area contributed by atoms with E-state index in [2.05, 4.69) is 48.7 Å². The van der Waals surface area contributed by atoms with Crippen molar-refractivity contribution in [3.63, 3.8) is 0 Å². The summed E-state index contributed by atoms with van der Waals surface area (Å²) >= 11 is 0. The first kappa shape index (κ1) is 12.9. The van der Waals surface area contributed by atoms with Crippen molar-refractivity contribution in [2.24, 2.45) is 5.92 Å². The van der Waals surface area contributed by atoms with Gasteiger partial charge in [-0.2, -0.15) is 0 Å². The largest absolute Gasteiger partial charge is 0.340 e. The van der Waals surface area contributed by atoms with E-state index in [1.807, 2.05) is 12.1 Å². The Labute approximate surface area is 119 Å². The Balaban J connectivity index is 2.26. The first-order valence-electron chi connectivity index (χ1n) is 7.17. The molecule has 0 bridgehead atoms. The van der Waals surface area contributed by atoms with Gasteiger partial charge >= 0.3 is 0 Å². The van der Waals surface area contributed by atoms with Crippen LogP contribution in [0, 0.1) is 5.92 Å². The molecule has 0 spiro atoms. The Kier molecular flexibility index (Phi) is 3.31. The van der Waals surface area contributed by atoms with Crippen molar-refractivity contribution in [2.45, 2.75) is 26.8 Å². The minimum atomic E-state index is 0.681. The molecule has 2 aromatic carbocycles. The molecule has 20 heavy (non-hydrogen) atoms. The molecule has 0 N–H and O–H groups in total. The van der Waals surface area contributed by atoms with Crippen molar-refractivity contribution in [2.75, 3.05) is 0 Å². The number of hydrogen-bond acceptors (Lipinski definition) is 1. The van der Waals surface area contributed by atoms with E-state index in [4.69, 9.17) is 0 Å². The molecule has 1 aromatic heterocycles. The molecule has 0 saturated heterocycles. The number of aryl methyl sites for hydroxylation is 1. The minimum Gasteiger partial charge on any atom is -0.340 e. The summed E-state index contributed by atoms with van der Waals surface area (Å²) in [5.41, 5.74) is 3.22. The van der Waals surface area contributed by atoms with Crippen molar-refractivity contribution in [1.29, 1.82) is 0 Å². The summed E-state index contributed by atoms with van der Waals surface area (Å²) in [4.78, 5) is 11.0. The Morgan fingerprint density at radius 2 is 1.80 bits per heavy atom. The number of hydrogen-bond donors (Lipinski definition) is 0. The number of aldehydes is 1. The number of carbonyl (C=O) groups is 1. The molecule has 2 heteroatoms. The van der Waals surface area contributed by atoms with Gasteiger partial charge in [0.15, 0.2) is 0 Å². The molecule has 0 aliphatic rings. The van der Waals surface area contributed by atoms with Gasteiger partial charge in [0.25, 0.3) is 0 Å². The highest BCUT2D eigenvalue weighted by Crippen LogP contribution is 2.30. The number of benzene rings is 2. The minimum absolute atomic E-state index is 0.681. The summed E-state index contributed by atoms with van der Waals surface area (Å²) in [7, 11) is 0. The predicted octanol–water partition coefficient (Wildman–Crippen LogP) is 4.65. The highest BCUT2D eigenvalue weighted by atomic mass is 16.1. The third-order valence-electron chi connectivity index (χ3n) is 3.86. The van der Waals surface area contributed by atoms with Crippen LogP contribution >= 0.6 is 0 Å². The summed E-state index contributed by atoms with van der Waals surface area (Å²) in [5, 5.41) is 2.41. The second-order valence-electron chi connectivity index (χ2n) is 5.75. The molecule has 102 valence electrons. The first-order chi connectivity index (χ1) is 9.70. The third kappa shape index (κ3) is 2.11. The molecule has 0 amide bonds. The summed E-state index contributed by atoms with van der Waals surface area (Å²) < 4.78 is 2.37. The van der Waals surface area contributed by atoms with Crippen LogP contribution in [0.3, 0.4) is 0 Å². The van der Waals surface area contributed by atoms with Gasteiger partial charge in [-0.3, -0.25) is 4.79 Å². The van der Waals surface area contributed by atoms with Gasteiger partial charge < -0.3 is 4.57 Å². The number of carbonyl (C=O) groups excluding carboxylic acids is 1. The predicted molar refractivity (Wildman–Crippen MR) is 84.3 cm³/mol. The Hall–Kier alpha value is -2.09. The fourth-order valence-corrected chi connectivity index (χ4v) is 2.77. The fourth-order valence-electron chi connectivity index (χ4n) is 2.77. The molecule has 2 nitrogen and oxygen atoms in total. The van der Waals surface area contributed by atoms with Crippen LogP contribution in [-0.2, 0) is 6.54 Å². The van der Waals surface area contributed by atoms with E-state index >= 15 is 0 Å². The Morgan fingerprint density at radius 3 is 2.55 bits per heavy atom. The molecule has 0 radical (unpaired) electrons. The normalized spacial score (nSPS) is 11.6. The lowest BCUT2D eigenvalue weighted by Gasteiger charge is -2.09. The summed E-state index contributed by atoms with van der Waals surface area (Å²) in [6.07, 6.45) is 2.07. The van der Waals surface area contributed by atoms with E-state index in [0.29, 0.717) is 5.92 Å². The quantitative estimate of drug-likeness (QED) is 0.629. The molecule has 0 saturated carbocycles. The number of para-hydroxylation sites is 1. The summed E-state index contributed by atoms with van der Waals surface area (Å²) in [6, 6.07) is 14.4. The smallest absolute Gasteiger partial charge is 0.150 e. The van der Waals surface area contributed by atoms with Crippen LogP contribution in [0.15, 0.2) is 42.5 Å². The molecule has 0 unspecified atom stereocenters. The van der Waals surface area contributed by atoms with Gasteiger partial charge in [-0.25, -0.2) is 0 Å². The molecule has 0 aliphatic carbocycles. The maximum atomic E-state index is 11.0. The molecule has 0 fully saturated rings. The maximum absolute atomic E-state index is 11.0. The molecular weight excluding hydrogens is 246 g/mol. The molecular formula is C18H19NO. The standard InChI is InChI=1S/C18H19NO/c1-13(2)9-10-19-17-6-4-3-5-15(17)16-11-14(12-20)7-8-18(16)19/h3-8,11-13H,9-10H2,1-2H3.